The Kier molecular flexibility index (Phi) is 7.73. The largest absolute Gasteiger partial charge is 0.481 e. The summed E-state index contributed by atoms with van der Waals surface area (Å²) >= 11 is 0. The van der Waals surface area contributed by atoms with Gasteiger partial charge in [-0.1, -0.05) is 62.4 Å². The first-order valence-electron chi connectivity index (χ1n) is 12.4. The number of nitrogens with zero attached hydrogens (tertiary/aromatic N) is 1. The number of fused-ring (bicyclic) bond motifs is 3. The second kappa shape index (κ2) is 10.9. The van der Waals surface area contributed by atoms with Crippen molar-refractivity contribution in [2.24, 2.45) is 17.8 Å². The van der Waals surface area contributed by atoms with Crippen molar-refractivity contribution in [3.05, 3.63) is 59.7 Å². The molecule has 2 amide bonds. The zero-order chi connectivity index (χ0) is 24.9. The van der Waals surface area contributed by atoms with Gasteiger partial charge >= 0.3 is 12.1 Å². The van der Waals surface area contributed by atoms with Crippen molar-refractivity contribution in [2.45, 2.75) is 39.0 Å². The minimum atomic E-state index is -0.804. The second-order valence-corrected chi connectivity index (χ2v) is 9.87. The molecule has 0 saturated carbocycles. The fraction of sp³-hybridized carbons (Fsp3) is 0.464. The Labute approximate surface area is 206 Å². The van der Waals surface area contributed by atoms with Crippen LogP contribution in [0, 0.1) is 17.8 Å². The number of hydrogen-bond donors (Lipinski definition) is 2. The van der Waals surface area contributed by atoms with Gasteiger partial charge in [0.05, 0.1) is 5.92 Å². The minimum Gasteiger partial charge on any atom is -0.481 e. The lowest BCUT2D eigenvalue weighted by Gasteiger charge is -2.36. The molecule has 1 fully saturated rings. The average molecular weight is 479 g/mol. The Morgan fingerprint density at radius 3 is 2.31 bits per heavy atom. The quantitative estimate of drug-likeness (QED) is 0.582. The van der Waals surface area contributed by atoms with Crippen LogP contribution in [-0.4, -0.2) is 54.2 Å². The summed E-state index contributed by atoms with van der Waals surface area (Å²) in [4.78, 5) is 38.3. The summed E-state index contributed by atoms with van der Waals surface area (Å²) < 4.78 is 5.57. The zero-order valence-electron chi connectivity index (χ0n) is 20.4. The van der Waals surface area contributed by atoms with Gasteiger partial charge < -0.3 is 20.1 Å². The van der Waals surface area contributed by atoms with E-state index in [1.165, 1.54) is 11.1 Å². The monoisotopic (exact) mass is 478 g/mol. The summed E-state index contributed by atoms with van der Waals surface area (Å²) in [5, 5.41) is 11.8. The number of amides is 2. The summed E-state index contributed by atoms with van der Waals surface area (Å²) in [6.07, 6.45) is 1.39. The SMILES string of the molecule is CC(CNC(=O)OCC1c2ccccc2-c2ccccc21)C(=O)N1CCCC(C(C)CC(=O)O)C1. The molecule has 2 aromatic rings. The predicted octanol–water partition coefficient (Wildman–Crippen LogP) is 4.51. The average Bonchev–Trinajstić information content (AvgIpc) is 3.19. The number of nitrogens with one attached hydrogen (secondary N) is 1. The molecule has 0 spiro atoms. The number of piperidine rings is 1. The van der Waals surface area contributed by atoms with Crippen LogP contribution in [-0.2, 0) is 14.3 Å². The Balaban J connectivity index is 1.27. The van der Waals surface area contributed by atoms with Crippen molar-refractivity contribution in [3.63, 3.8) is 0 Å². The van der Waals surface area contributed by atoms with Crippen LogP contribution < -0.4 is 5.32 Å². The van der Waals surface area contributed by atoms with E-state index in [2.05, 4.69) is 29.6 Å². The Morgan fingerprint density at radius 2 is 1.69 bits per heavy atom. The van der Waals surface area contributed by atoms with Crippen molar-refractivity contribution in [1.29, 1.82) is 0 Å². The molecule has 0 bridgehead atoms. The molecule has 1 aliphatic carbocycles. The lowest BCUT2D eigenvalue weighted by Crippen LogP contribution is -2.46. The van der Waals surface area contributed by atoms with Gasteiger partial charge in [-0.05, 0) is 46.9 Å². The third kappa shape index (κ3) is 5.66. The highest BCUT2D eigenvalue weighted by molar-refractivity contribution is 5.80. The Hall–Kier alpha value is -3.35. The minimum absolute atomic E-state index is 0.00900. The summed E-state index contributed by atoms with van der Waals surface area (Å²) in [7, 11) is 0. The topological polar surface area (TPSA) is 95.9 Å². The number of carbonyl (C=O) groups excluding carboxylic acids is 2. The van der Waals surface area contributed by atoms with Gasteiger partial charge in [-0.2, -0.15) is 0 Å². The second-order valence-electron chi connectivity index (χ2n) is 9.87. The number of rotatable bonds is 8. The van der Waals surface area contributed by atoms with Crippen molar-refractivity contribution in [3.8, 4) is 11.1 Å². The van der Waals surface area contributed by atoms with E-state index in [-0.39, 0.29) is 49.2 Å². The Morgan fingerprint density at radius 1 is 1.06 bits per heavy atom. The van der Waals surface area contributed by atoms with Crippen LogP contribution in [0.3, 0.4) is 0 Å². The maximum atomic E-state index is 13.0. The molecule has 1 aliphatic heterocycles. The molecule has 186 valence electrons. The molecule has 4 rings (SSSR count). The van der Waals surface area contributed by atoms with Gasteiger partial charge in [0, 0.05) is 32.0 Å². The summed E-state index contributed by atoms with van der Waals surface area (Å²) in [6, 6.07) is 16.4. The maximum Gasteiger partial charge on any atom is 0.407 e. The molecule has 2 aromatic carbocycles. The van der Waals surface area contributed by atoms with E-state index in [9.17, 15) is 14.4 Å². The molecule has 7 nitrogen and oxygen atoms in total. The predicted molar refractivity (Wildman–Crippen MR) is 133 cm³/mol. The van der Waals surface area contributed by atoms with Gasteiger partial charge in [0.2, 0.25) is 5.91 Å². The molecular weight excluding hydrogens is 444 g/mol. The number of aliphatic carboxylic acids is 1. The molecule has 0 aromatic heterocycles. The molecule has 0 radical (unpaired) electrons. The number of carbonyl (C=O) groups is 3. The van der Waals surface area contributed by atoms with Crippen LogP contribution in [0.5, 0.6) is 0 Å². The van der Waals surface area contributed by atoms with Gasteiger partial charge in [-0.3, -0.25) is 9.59 Å². The molecule has 2 N–H and O–H groups in total. The summed E-state index contributed by atoms with van der Waals surface area (Å²) in [5.74, 6) is -1.00. The molecule has 7 heteroatoms. The van der Waals surface area contributed by atoms with Crippen molar-refractivity contribution < 1.29 is 24.2 Å². The van der Waals surface area contributed by atoms with Gasteiger partial charge in [0.25, 0.3) is 0 Å². The molecule has 1 heterocycles. The normalized spacial score (nSPS) is 18.8. The van der Waals surface area contributed by atoms with Gasteiger partial charge in [-0.25, -0.2) is 4.79 Å². The number of carboxylic acid groups (broad SMARTS) is 1. The van der Waals surface area contributed by atoms with E-state index in [4.69, 9.17) is 9.84 Å². The number of ether oxygens (including phenoxy) is 1. The summed E-state index contributed by atoms with van der Waals surface area (Å²) in [6.45, 7) is 5.41. The highest BCUT2D eigenvalue weighted by Crippen LogP contribution is 2.44. The Bertz CT molecular complexity index is 1040. The van der Waals surface area contributed by atoms with Crippen LogP contribution in [0.1, 0.15) is 50.2 Å². The van der Waals surface area contributed by atoms with Gasteiger partial charge in [-0.15, -0.1) is 0 Å². The third-order valence-corrected chi connectivity index (χ3v) is 7.39. The van der Waals surface area contributed by atoms with Gasteiger partial charge in [0.1, 0.15) is 6.61 Å². The van der Waals surface area contributed by atoms with Crippen molar-refractivity contribution in [1.82, 2.24) is 10.2 Å². The van der Waals surface area contributed by atoms with Gasteiger partial charge in [0.15, 0.2) is 0 Å². The van der Waals surface area contributed by atoms with Crippen LogP contribution in [0.4, 0.5) is 4.79 Å². The van der Waals surface area contributed by atoms with E-state index in [1.54, 1.807) is 6.92 Å². The van der Waals surface area contributed by atoms with E-state index in [0.717, 1.165) is 24.0 Å². The number of alkyl carbamates (subject to hydrolysis) is 1. The number of hydrogen-bond acceptors (Lipinski definition) is 4. The van der Waals surface area contributed by atoms with E-state index >= 15 is 0 Å². The summed E-state index contributed by atoms with van der Waals surface area (Å²) in [5.41, 5.74) is 4.66. The number of carboxylic acids is 1. The molecular formula is C28H34N2O5. The zero-order valence-corrected chi connectivity index (χ0v) is 20.4. The standard InChI is InChI=1S/C28H34N2O5/c1-18(14-26(31)32)20-8-7-13-30(16-20)27(33)19(2)15-29-28(34)35-17-25-23-11-5-3-9-21(23)22-10-4-6-12-24(22)25/h3-6,9-12,18-20,25H,7-8,13-17H2,1-2H3,(H,29,34)(H,31,32). The van der Waals surface area contributed by atoms with E-state index in [1.807, 2.05) is 36.1 Å². The molecule has 3 atom stereocenters. The smallest absolute Gasteiger partial charge is 0.407 e. The maximum absolute atomic E-state index is 13.0. The first kappa shape index (κ1) is 24.8. The molecule has 3 unspecified atom stereocenters. The number of likely N-dealkylation sites (tertiary alicyclic amines) is 1. The molecule has 1 saturated heterocycles. The number of benzene rings is 2. The molecule has 2 aliphatic rings. The molecule has 35 heavy (non-hydrogen) atoms. The lowest BCUT2D eigenvalue weighted by molar-refractivity contribution is -0.139. The van der Waals surface area contributed by atoms with Crippen molar-refractivity contribution >= 4 is 18.0 Å². The fourth-order valence-corrected chi connectivity index (χ4v) is 5.40. The highest BCUT2D eigenvalue weighted by atomic mass is 16.5. The third-order valence-electron chi connectivity index (χ3n) is 7.39. The lowest BCUT2D eigenvalue weighted by atomic mass is 9.84. The van der Waals surface area contributed by atoms with E-state index in [0.29, 0.717) is 13.1 Å². The van der Waals surface area contributed by atoms with Crippen molar-refractivity contribution in [2.75, 3.05) is 26.2 Å². The first-order chi connectivity index (χ1) is 16.8. The van der Waals surface area contributed by atoms with Crippen LogP contribution in [0.25, 0.3) is 11.1 Å². The fourth-order valence-electron chi connectivity index (χ4n) is 5.40. The highest BCUT2D eigenvalue weighted by Gasteiger charge is 2.31. The van der Waals surface area contributed by atoms with Crippen LogP contribution in [0.15, 0.2) is 48.5 Å². The van der Waals surface area contributed by atoms with E-state index < -0.39 is 12.1 Å². The van der Waals surface area contributed by atoms with Crippen LogP contribution >= 0.6 is 0 Å². The first-order valence-corrected chi connectivity index (χ1v) is 12.4. The van der Waals surface area contributed by atoms with Crippen LogP contribution in [0.2, 0.25) is 0 Å².